The van der Waals surface area contributed by atoms with Crippen molar-refractivity contribution >= 4 is 28.9 Å². The van der Waals surface area contributed by atoms with Crippen LogP contribution in [0.4, 0.5) is 5.95 Å². The van der Waals surface area contributed by atoms with Crippen LogP contribution in [0.25, 0.3) is 11.2 Å². The van der Waals surface area contributed by atoms with Gasteiger partial charge in [-0.05, 0) is 18.1 Å². The Balaban J connectivity index is 1.78. The van der Waals surface area contributed by atoms with Gasteiger partial charge in [-0.3, -0.25) is 9.78 Å². The Hall–Kier alpha value is -2.28. The number of nitrogens with two attached hydrogens (primary N) is 1. The molecule has 1 aromatic carbocycles. The molecule has 0 spiro atoms. The van der Waals surface area contributed by atoms with Gasteiger partial charge in [0.25, 0.3) is 5.56 Å². The lowest BCUT2D eigenvalue weighted by atomic mass is 10.1. The molecule has 1 atom stereocenters. The molecule has 0 saturated carbocycles. The maximum atomic E-state index is 11.8. The number of hydrogen-bond acceptors (Lipinski definition) is 5. The molecule has 3 aromatic rings. The number of nitrogen functional groups attached to an aromatic ring is 1. The first-order chi connectivity index (χ1) is 9.70. The molecule has 3 heterocycles. The third-order valence-electron chi connectivity index (χ3n) is 3.35. The van der Waals surface area contributed by atoms with E-state index in [9.17, 15) is 4.79 Å². The molecule has 0 radical (unpaired) electrons. The smallest absolute Gasteiger partial charge is 0.278 e. The van der Waals surface area contributed by atoms with Gasteiger partial charge < -0.3 is 10.7 Å². The number of benzene rings is 1. The normalized spacial score (nSPS) is 17.5. The second kappa shape index (κ2) is 4.11. The number of imidazole rings is 1. The van der Waals surface area contributed by atoms with E-state index in [1.165, 1.54) is 10.5 Å². The Kier molecular flexibility index (Phi) is 2.37. The minimum absolute atomic E-state index is 0.0860. The second-order valence-electron chi connectivity index (χ2n) is 4.69. The molecule has 1 aliphatic rings. The summed E-state index contributed by atoms with van der Waals surface area (Å²) in [5.41, 5.74) is 7.31. The van der Waals surface area contributed by atoms with E-state index >= 15 is 0 Å². The summed E-state index contributed by atoms with van der Waals surface area (Å²) in [6.07, 6.45) is 0.897. The highest BCUT2D eigenvalue weighted by atomic mass is 32.2. The molecule has 1 aliphatic heterocycles. The average molecular weight is 285 g/mol. The molecule has 20 heavy (non-hydrogen) atoms. The van der Waals surface area contributed by atoms with Crippen molar-refractivity contribution in [3.05, 3.63) is 46.0 Å². The highest BCUT2D eigenvalue weighted by molar-refractivity contribution is 7.99. The van der Waals surface area contributed by atoms with Crippen LogP contribution < -0.4 is 11.3 Å². The predicted molar refractivity (Wildman–Crippen MR) is 77.7 cm³/mol. The molecule has 0 bridgehead atoms. The number of nitrogens with one attached hydrogen (secondary N) is 2. The molecule has 7 heteroatoms. The van der Waals surface area contributed by atoms with Crippen LogP contribution in [-0.4, -0.2) is 19.9 Å². The van der Waals surface area contributed by atoms with Crippen molar-refractivity contribution in [1.82, 2.24) is 19.9 Å². The predicted octanol–water partition coefficient (Wildman–Crippen LogP) is 1.62. The molecule has 1 unspecified atom stereocenters. The van der Waals surface area contributed by atoms with Crippen LogP contribution in [0.15, 0.2) is 34.0 Å². The summed E-state index contributed by atoms with van der Waals surface area (Å²) in [5, 5.41) is 0.183. The first kappa shape index (κ1) is 11.5. The average Bonchev–Trinajstić information content (AvgIpc) is 3.01. The van der Waals surface area contributed by atoms with Gasteiger partial charge in [-0.1, -0.05) is 18.2 Å². The first-order valence-electron chi connectivity index (χ1n) is 6.20. The van der Waals surface area contributed by atoms with Gasteiger partial charge >= 0.3 is 0 Å². The summed E-state index contributed by atoms with van der Waals surface area (Å²) in [7, 11) is 0. The topological polar surface area (TPSA) is 100 Å². The van der Waals surface area contributed by atoms with E-state index in [1.807, 2.05) is 12.1 Å². The van der Waals surface area contributed by atoms with Crippen molar-refractivity contribution in [2.45, 2.75) is 16.6 Å². The van der Waals surface area contributed by atoms with Crippen LogP contribution in [0.1, 0.15) is 16.6 Å². The third kappa shape index (κ3) is 1.70. The molecule has 4 rings (SSSR count). The van der Waals surface area contributed by atoms with Crippen molar-refractivity contribution in [1.29, 1.82) is 0 Å². The summed E-state index contributed by atoms with van der Waals surface area (Å²) in [6.45, 7) is 0. The fraction of sp³-hybridized carbons (Fsp3) is 0.154. The van der Waals surface area contributed by atoms with Gasteiger partial charge in [0.2, 0.25) is 5.95 Å². The Bertz CT molecular complexity index is 844. The number of fused-ring (bicyclic) bond motifs is 2. The summed E-state index contributed by atoms with van der Waals surface area (Å²) in [5.74, 6) is 0.854. The van der Waals surface area contributed by atoms with Crippen LogP contribution in [0.2, 0.25) is 0 Å². The van der Waals surface area contributed by atoms with Gasteiger partial charge in [-0.2, -0.15) is 4.98 Å². The van der Waals surface area contributed by atoms with Gasteiger partial charge in [0.1, 0.15) is 5.82 Å². The van der Waals surface area contributed by atoms with E-state index in [0.717, 1.165) is 12.2 Å². The highest BCUT2D eigenvalue weighted by Crippen LogP contribution is 2.45. The molecule has 100 valence electrons. The first-order valence-corrected chi connectivity index (χ1v) is 7.08. The summed E-state index contributed by atoms with van der Waals surface area (Å²) >= 11 is 1.75. The quantitative estimate of drug-likeness (QED) is 0.630. The number of thioether (sulfide) groups is 1. The molecular weight excluding hydrogens is 274 g/mol. The van der Waals surface area contributed by atoms with Crippen molar-refractivity contribution in [3.63, 3.8) is 0 Å². The summed E-state index contributed by atoms with van der Waals surface area (Å²) < 4.78 is 0. The van der Waals surface area contributed by atoms with Crippen LogP contribution >= 0.6 is 11.8 Å². The summed E-state index contributed by atoms with van der Waals surface area (Å²) in [4.78, 5) is 27.1. The lowest BCUT2D eigenvalue weighted by Gasteiger charge is -2.02. The van der Waals surface area contributed by atoms with Crippen molar-refractivity contribution < 1.29 is 0 Å². The number of anilines is 1. The van der Waals surface area contributed by atoms with Crippen LogP contribution in [0.3, 0.4) is 0 Å². The number of hydrogen-bond donors (Lipinski definition) is 3. The van der Waals surface area contributed by atoms with E-state index < -0.39 is 0 Å². The third-order valence-corrected chi connectivity index (χ3v) is 4.68. The number of aromatic nitrogens is 4. The minimum atomic E-state index is -0.285. The molecule has 0 fully saturated rings. The van der Waals surface area contributed by atoms with Gasteiger partial charge in [0.05, 0.1) is 5.25 Å². The minimum Gasteiger partial charge on any atom is -0.369 e. The van der Waals surface area contributed by atoms with E-state index in [0.29, 0.717) is 11.2 Å². The summed E-state index contributed by atoms with van der Waals surface area (Å²) in [6, 6.07) is 8.28. The molecule has 0 amide bonds. The van der Waals surface area contributed by atoms with Gasteiger partial charge in [-0.15, -0.1) is 11.8 Å². The largest absolute Gasteiger partial charge is 0.369 e. The number of H-pyrrole nitrogens is 2. The van der Waals surface area contributed by atoms with Crippen LogP contribution in [0, 0.1) is 0 Å². The maximum absolute atomic E-state index is 11.8. The standard InChI is InChI=1S/C13H11N5OS/c14-13-17-11-9(12(19)18-13)15-10(16-11)8-5-6-3-1-2-4-7(6)20-8/h1-4,8H,5H2,(H4,14,15,16,17,18,19). The Morgan fingerprint density at radius 3 is 2.95 bits per heavy atom. The van der Waals surface area contributed by atoms with E-state index in [4.69, 9.17) is 5.73 Å². The number of aromatic amines is 2. The van der Waals surface area contributed by atoms with Crippen molar-refractivity contribution in [3.8, 4) is 0 Å². The molecule has 4 N–H and O–H groups in total. The van der Waals surface area contributed by atoms with Crippen molar-refractivity contribution in [2.24, 2.45) is 0 Å². The van der Waals surface area contributed by atoms with Crippen molar-refractivity contribution in [2.75, 3.05) is 5.73 Å². The highest BCUT2D eigenvalue weighted by Gasteiger charge is 2.26. The Labute approximate surface area is 117 Å². The lowest BCUT2D eigenvalue weighted by molar-refractivity contribution is 0.879. The monoisotopic (exact) mass is 285 g/mol. The van der Waals surface area contributed by atoms with Gasteiger partial charge in [-0.25, -0.2) is 4.98 Å². The van der Waals surface area contributed by atoms with Crippen LogP contribution in [0.5, 0.6) is 0 Å². The fourth-order valence-electron chi connectivity index (χ4n) is 2.43. The number of nitrogens with zero attached hydrogens (tertiary/aromatic N) is 2. The maximum Gasteiger partial charge on any atom is 0.278 e. The fourth-order valence-corrected chi connectivity index (χ4v) is 3.68. The Morgan fingerprint density at radius 2 is 2.10 bits per heavy atom. The van der Waals surface area contributed by atoms with E-state index in [2.05, 4.69) is 32.1 Å². The molecule has 6 nitrogen and oxygen atoms in total. The Morgan fingerprint density at radius 1 is 1.25 bits per heavy atom. The zero-order valence-corrected chi connectivity index (χ0v) is 11.2. The second-order valence-corrected chi connectivity index (χ2v) is 5.93. The molecule has 0 aliphatic carbocycles. The van der Waals surface area contributed by atoms with Crippen LogP contribution in [-0.2, 0) is 6.42 Å². The molecular formula is C13H11N5OS. The van der Waals surface area contributed by atoms with E-state index in [1.54, 1.807) is 11.8 Å². The molecule has 0 saturated heterocycles. The zero-order chi connectivity index (χ0) is 13.7. The SMILES string of the molecule is Nc1nc2nc(C3Cc4ccccc4S3)[nH]c2c(=O)[nH]1. The number of rotatable bonds is 1. The lowest BCUT2D eigenvalue weighted by Crippen LogP contribution is -2.10. The van der Waals surface area contributed by atoms with Gasteiger partial charge in [0, 0.05) is 4.90 Å². The zero-order valence-electron chi connectivity index (χ0n) is 10.4. The van der Waals surface area contributed by atoms with E-state index in [-0.39, 0.29) is 16.8 Å². The van der Waals surface area contributed by atoms with Gasteiger partial charge in [0.15, 0.2) is 11.2 Å². The molecule has 2 aromatic heterocycles.